The molecule has 0 radical (unpaired) electrons. The molecule has 0 saturated carbocycles. The molecule has 1 aliphatic rings. The number of guanidine groups is 1. The lowest BCUT2D eigenvalue weighted by Crippen LogP contribution is -2.54. The number of rotatable bonds is 4. The first kappa shape index (κ1) is 26.9. The first-order chi connectivity index (χ1) is 13.3. The summed E-state index contributed by atoms with van der Waals surface area (Å²) in [4.78, 5) is 24.5. The van der Waals surface area contributed by atoms with Crippen LogP contribution in [0.5, 0.6) is 0 Å². The van der Waals surface area contributed by atoms with Crippen molar-refractivity contribution >= 4 is 47.4 Å². The standard InChI is InChI=1S/C20H35N5O3S.HI/c1-12-14(3)29-16(24-12)11-23-17(21-9)22-10-15-13(2)27-20(7,8)25(15)18(26)28-19(4,5)6;/h13,15H,10-11H2,1-9H3,(H2,21,22,23);1H. The molecule has 1 aliphatic heterocycles. The van der Waals surface area contributed by atoms with Crippen molar-refractivity contribution in [1.29, 1.82) is 0 Å². The summed E-state index contributed by atoms with van der Waals surface area (Å²) < 4.78 is 11.7. The van der Waals surface area contributed by atoms with E-state index in [1.165, 1.54) is 4.88 Å². The van der Waals surface area contributed by atoms with Crippen LogP contribution < -0.4 is 10.6 Å². The highest BCUT2D eigenvalue weighted by Crippen LogP contribution is 2.33. The topological polar surface area (TPSA) is 88.1 Å². The van der Waals surface area contributed by atoms with Gasteiger partial charge < -0.3 is 20.1 Å². The van der Waals surface area contributed by atoms with Gasteiger partial charge in [0.05, 0.1) is 24.4 Å². The summed E-state index contributed by atoms with van der Waals surface area (Å²) in [5.74, 6) is 0.650. The number of thiazole rings is 1. The second kappa shape index (κ2) is 10.4. The van der Waals surface area contributed by atoms with Gasteiger partial charge in [0.25, 0.3) is 0 Å². The normalized spacial score (nSPS) is 21.2. The number of carbonyl (C=O) groups is 1. The maximum atomic E-state index is 12.8. The Bertz CT molecular complexity index is 741. The van der Waals surface area contributed by atoms with E-state index < -0.39 is 11.3 Å². The zero-order valence-electron chi connectivity index (χ0n) is 19.5. The summed E-state index contributed by atoms with van der Waals surface area (Å²) >= 11 is 1.67. The zero-order valence-corrected chi connectivity index (χ0v) is 22.6. The fraction of sp³-hybridized carbons (Fsp3) is 0.750. The van der Waals surface area contributed by atoms with Crippen molar-refractivity contribution in [2.75, 3.05) is 13.6 Å². The highest BCUT2D eigenvalue weighted by molar-refractivity contribution is 14.0. The molecule has 1 aromatic heterocycles. The quantitative estimate of drug-likeness (QED) is 0.335. The molecule has 172 valence electrons. The Kier molecular flexibility index (Phi) is 9.37. The molecule has 0 aliphatic carbocycles. The molecule has 1 aromatic rings. The Morgan fingerprint density at radius 3 is 2.47 bits per heavy atom. The fourth-order valence-corrected chi connectivity index (χ4v) is 4.19. The van der Waals surface area contributed by atoms with Gasteiger partial charge in [-0.3, -0.25) is 9.89 Å². The van der Waals surface area contributed by atoms with E-state index in [-0.39, 0.29) is 42.2 Å². The van der Waals surface area contributed by atoms with Gasteiger partial charge in [-0.15, -0.1) is 35.3 Å². The van der Waals surface area contributed by atoms with E-state index in [4.69, 9.17) is 9.47 Å². The number of nitrogens with zero attached hydrogens (tertiary/aromatic N) is 3. The van der Waals surface area contributed by atoms with E-state index in [0.717, 1.165) is 10.7 Å². The van der Waals surface area contributed by atoms with Crippen molar-refractivity contribution in [2.24, 2.45) is 4.99 Å². The molecule has 0 aromatic carbocycles. The SMILES string of the molecule is CN=C(NCc1nc(C)c(C)s1)NCC1C(C)OC(C)(C)N1C(=O)OC(C)(C)C.I. The van der Waals surface area contributed by atoms with Gasteiger partial charge in [-0.25, -0.2) is 9.78 Å². The predicted octanol–water partition coefficient (Wildman–Crippen LogP) is 3.80. The smallest absolute Gasteiger partial charge is 0.412 e. The lowest BCUT2D eigenvalue weighted by molar-refractivity contribution is -0.0755. The van der Waals surface area contributed by atoms with E-state index in [0.29, 0.717) is 19.0 Å². The maximum Gasteiger partial charge on any atom is 0.412 e. The average Bonchev–Trinajstić information content (AvgIpc) is 3.00. The minimum absolute atomic E-state index is 0. The van der Waals surface area contributed by atoms with Crippen LogP contribution in [0.1, 0.15) is 57.1 Å². The number of halogens is 1. The summed E-state index contributed by atoms with van der Waals surface area (Å²) in [5.41, 5.74) is -0.263. The molecule has 2 N–H and O–H groups in total. The average molecular weight is 554 g/mol. The van der Waals surface area contributed by atoms with Crippen LogP contribution in [0.4, 0.5) is 4.79 Å². The third-order valence-electron chi connectivity index (χ3n) is 4.70. The number of aromatic nitrogens is 1. The van der Waals surface area contributed by atoms with Gasteiger partial charge >= 0.3 is 6.09 Å². The Morgan fingerprint density at radius 1 is 1.33 bits per heavy atom. The van der Waals surface area contributed by atoms with Crippen molar-refractivity contribution in [3.63, 3.8) is 0 Å². The van der Waals surface area contributed by atoms with E-state index in [1.54, 1.807) is 23.3 Å². The lowest BCUT2D eigenvalue weighted by atomic mass is 10.1. The summed E-state index contributed by atoms with van der Waals surface area (Å²) in [6, 6.07) is -0.192. The minimum Gasteiger partial charge on any atom is -0.444 e. The van der Waals surface area contributed by atoms with E-state index in [2.05, 4.69) is 27.5 Å². The third-order valence-corrected chi connectivity index (χ3v) is 5.77. The van der Waals surface area contributed by atoms with Gasteiger partial charge in [0.2, 0.25) is 0 Å². The fourth-order valence-electron chi connectivity index (χ4n) is 3.32. The summed E-state index contributed by atoms with van der Waals surface area (Å²) in [6.07, 6.45) is -0.525. The predicted molar refractivity (Wildman–Crippen MR) is 132 cm³/mol. The largest absolute Gasteiger partial charge is 0.444 e. The lowest BCUT2D eigenvalue weighted by Gasteiger charge is -2.35. The number of amides is 1. The Morgan fingerprint density at radius 2 is 1.97 bits per heavy atom. The molecule has 2 atom stereocenters. The Balaban J connectivity index is 0.00000450. The molecule has 2 heterocycles. The van der Waals surface area contributed by atoms with Gasteiger partial charge in [0.1, 0.15) is 16.3 Å². The molecule has 1 saturated heterocycles. The monoisotopic (exact) mass is 553 g/mol. The van der Waals surface area contributed by atoms with E-state index in [9.17, 15) is 4.79 Å². The van der Waals surface area contributed by atoms with Crippen LogP contribution in [0.15, 0.2) is 4.99 Å². The van der Waals surface area contributed by atoms with Gasteiger partial charge in [-0.05, 0) is 55.4 Å². The van der Waals surface area contributed by atoms with Crippen LogP contribution in [0.2, 0.25) is 0 Å². The van der Waals surface area contributed by atoms with Crippen molar-refractivity contribution in [3.05, 3.63) is 15.6 Å². The van der Waals surface area contributed by atoms with Crippen molar-refractivity contribution in [3.8, 4) is 0 Å². The molecule has 0 spiro atoms. The van der Waals surface area contributed by atoms with Crippen LogP contribution in [-0.2, 0) is 16.0 Å². The number of carbonyl (C=O) groups excluding carboxylic acids is 1. The van der Waals surface area contributed by atoms with Crippen LogP contribution in [0, 0.1) is 13.8 Å². The summed E-state index contributed by atoms with van der Waals surface area (Å²) in [5, 5.41) is 7.60. The van der Waals surface area contributed by atoms with Crippen LogP contribution in [0.3, 0.4) is 0 Å². The van der Waals surface area contributed by atoms with Gasteiger partial charge in [0, 0.05) is 18.5 Å². The number of hydrogen-bond donors (Lipinski definition) is 2. The molecule has 8 nitrogen and oxygen atoms in total. The molecular formula is C20H36IN5O3S. The van der Waals surface area contributed by atoms with Crippen molar-refractivity contribution in [2.45, 2.75) is 85.4 Å². The zero-order chi connectivity index (χ0) is 22.0. The van der Waals surface area contributed by atoms with Gasteiger partial charge in [-0.1, -0.05) is 0 Å². The third kappa shape index (κ3) is 6.94. The van der Waals surface area contributed by atoms with Gasteiger partial charge in [-0.2, -0.15) is 0 Å². The Labute approximate surface area is 201 Å². The number of hydrogen-bond acceptors (Lipinski definition) is 6. The first-order valence-electron chi connectivity index (χ1n) is 9.91. The molecule has 30 heavy (non-hydrogen) atoms. The maximum absolute atomic E-state index is 12.8. The molecule has 1 fully saturated rings. The number of nitrogens with one attached hydrogen (secondary N) is 2. The second-order valence-corrected chi connectivity index (χ2v) is 10.0. The van der Waals surface area contributed by atoms with E-state index in [1.807, 2.05) is 48.5 Å². The van der Waals surface area contributed by atoms with Crippen LogP contribution >= 0.6 is 35.3 Å². The molecule has 10 heteroatoms. The van der Waals surface area contributed by atoms with Crippen LogP contribution in [-0.4, -0.2) is 59.0 Å². The molecule has 0 bridgehead atoms. The van der Waals surface area contributed by atoms with Gasteiger partial charge in [0.15, 0.2) is 5.96 Å². The molecular weight excluding hydrogens is 517 g/mol. The highest BCUT2D eigenvalue weighted by atomic mass is 127. The molecule has 2 unspecified atom stereocenters. The number of aryl methyl sites for hydroxylation is 2. The Hall–Kier alpha value is -1.14. The van der Waals surface area contributed by atoms with E-state index >= 15 is 0 Å². The minimum atomic E-state index is -0.749. The first-order valence-corrected chi connectivity index (χ1v) is 10.7. The van der Waals surface area contributed by atoms with Crippen LogP contribution in [0.25, 0.3) is 0 Å². The summed E-state index contributed by atoms with van der Waals surface area (Å²) in [6.45, 7) is 16.5. The second-order valence-electron chi connectivity index (χ2n) is 8.74. The van der Waals surface area contributed by atoms with Crippen molar-refractivity contribution in [1.82, 2.24) is 20.5 Å². The number of ether oxygens (including phenoxy) is 2. The molecule has 1 amide bonds. The highest BCUT2D eigenvalue weighted by Gasteiger charge is 2.49. The number of aliphatic imine (C=N–C) groups is 1. The molecule has 2 rings (SSSR count). The van der Waals surface area contributed by atoms with Crippen molar-refractivity contribution < 1.29 is 14.3 Å². The summed E-state index contributed by atoms with van der Waals surface area (Å²) in [7, 11) is 1.72.